The molecule has 2 aromatic heterocycles. The number of nitrogens with zero attached hydrogens (tertiary/aromatic N) is 2. The van der Waals surface area contributed by atoms with Crippen molar-refractivity contribution in [1.29, 1.82) is 0 Å². The van der Waals surface area contributed by atoms with Crippen molar-refractivity contribution < 1.29 is 14.4 Å². The average Bonchev–Trinajstić information content (AvgIpc) is 2.83. The Hall–Kier alpha value is -1.89. The highest BCUT2D eigenvalue weighted by atomic mass is 32.1. The predicted octanol–water partition coefficient (Wildman–Crippen LogP) is 1.75. The second kappa shape index (κ2) is 4.31. The monoisotopic (exact) mass is 239 g/mol. The molecule has 0 aliphatic carbocycles. The van der Waals surface area contributed by atoms with E-state index < -0.39 is 5.97 Å². The molecule has 2 aromatic rings. The standard InChI is InChI=1S/C9H9N3O3S/c1-5-2-6(15-12-5)3-10-8-7(9(13)14)11-4-16-8/h2,4,10H,3H2,1H3,(H,13,14). The van der Waals surface area contributed by atoms with Crippen molar-refractivity contribution >= 4 is 22.3 Å². The summed E-state index contributed by atoms with van der Waals surface area (Å²) in [5.74, 6) is -0.389. The lowest BCUT2D eigenvalue weighted by molar-refractivity contribution is 0.0692. The van der Waals surface area contributed by atoms with E-state index in [2.05, 4.69) is 15.5 Å². The number of aromatic nitrogens is 2. The highest BCUT2D eigenvalue weighted by Gasteiger charge is 2.13. The fourth-order valence-electron chi connectivity index (χ4n) is 1.19. The number of aromatic carboxylic acids is 1. The van der Waals surface area contributed by atoms with Crippen molar-refractivity contribution in [2.45, 2.75) is 13.5 Å². The summed E-state index contributed by atoms with van der Waals surface area (Å²) in [6, 6.07) is 1.79. The van der Waals surface area contributed by atoms with Crippen LogP contribution in [0.3, 0.4) is 0 Å². The first-order chi connectivity index (χ1) is 7.66. The number of hydrogen-bond acceptors (Lipinski definition) is 6. The number of nitrogens with one attached hydrogen (secondary N) is 1. The summed E-state index contributed by atoms with van der Waals surface area (Å²) in [7, 11) is 0. The molecule has 0 unspecified atom stereocenters. The van der Waals surface area contributed by atoms with Crippen LogP contribution in [-0.4, -0.2) is 21.2 Å². The van der Waals surface area contributed by atoms with Gasteiger partial charge in [0.2, 0.25) is 0 Å². The van der Waals surface area contributed by atoms with E-state index >= 15 is 0 Å². The Bertz CT molecular complexity index is 506. The summed E-state index contributed by atoms with van der Waals surface area (Å²) in [6.07, 6.45) is 0. The van der Waals surface area contributed by atoms with Gasteiger partial charge < -0.3 is 14.9 Å². The normalized spacial score (nSPS) is 10.3. The van der Waals surface area contributed by atoms with Gasteiger partial charge in [-0.3, -0.25) is 0 Å². The van der Waals surface area contributed by atoms with E-state index in [1.54, 1.807) is 6.07 Å². The molecule has 2 heterocycles. The smallest absolute Gasteiger partial charge is 0.357 e. The lowest BCUT2D eigenvalue weighted by Crippen LogP contribution is -2.04. The molecule has 84 valence electrons. The molecule has 2 N–H and O–H groups in total. The molecule has 0 bridgehead atoms. The van der Waals surface area contributed by atoms with Gasteiger partial charge in [0, 0.05) is 6.07 Å². The molecule has 0 saturated carbocycles. The minimum atomic E-state index is -1.04. The number of rotatable bonds is 4. The first-order valence-electron chi connectivity index (χ1n) is 4.49. The van der Waals surface area contributed by atoms with Crippen molar-refractivity contribution in [2.24, 2.45) is 0 Å². The zero-order valence-electron chi connectivity index (χ0n) is 8.43. The molecule has 0 fully saturated rings. The number of anilines is 1. The van der Waals surface area contributed by atoms with Crippen molar-refractivity contribution in [3.63, 3.8) is 0 Å². The van der Waals surface area contributed by atoms with Crippen LogP contribution in [0, 0.1) is 6.92 Å². The van der Waals surface area contributed by atoms with Crippen LogP contribution >= 0.6 is 11.3 Å². The Balaban J connectivity index is 2.04. The summed E-state index contributed by atoms with van der Waals surface area (Å²) in [6.45, 7) is 2.21. The molecule has 0 atom stereocenters. The molecule has 0 aliphatic rings. The third-order valence-corrected chi connectivity index (χ3v) is 2.65. The highest BCUT2D eigenvalue weighted by molar-refractivity contribution is 7.14. The SMILES string of the molecule is Cc1cc(CNc2scnc2C(=O)O)on1. The van der Waals surface area contributed by atoms with Crippen LogP contribution in [0.1, 0.15) is 21.9 Å². The minimum Gasteiger partial charge on any atom is -0.476 e. The lowest BCUT2D eigenvalue weighted by atomic mass is 10.4. The Morgan fingerprint density at radius 3 is 3.12 bits per heavy atom. The Labute approximate surface area is 94.9 Å². The van der Waals surface area contributed by atoms with Crippen LogP contribution in [0.4, 0.5) is 5.00 Å². The van der Waals surface area contributed by atoms with Crippen LogP contribution in [0.5, 0.6) is 0 Å². The van der Waals surface area contributed by atoms with Crippen LogP contribution in [-0.2, 0) is 6.54 Å². The van der Waals surface area contributed by atoms with Gasteiger partial charge >= 0.3 is 5.97 Å². The molecule has 6 nitrogen and oxygen atoms in total. The number of carbonyl (C=O) groups is 1. The number of hydrogen-bond donors (Lipinski definition) is 2. The second-order valence-electron chi connectivity index (χ2n) is 3.12. The van der Waals surface area contributed by atoms with Gasteiger partial charge in [0.15, 0.2) is 11.5 Å². The molecule has 0 aliphatic heterocycles. The average molecular weight is 239 g/mol. The zero-order valence-corrected chi connectivity index (χ0v) is 9.24. The Morgan fingerprint density at radius 2 is 2.50 bits per heavy atom. The van der Waals surface area contributed by atoms with Crippen LogP contribution in [0.15, 0.2) is 16.1 Å². The Morgan fingerprint density at radius 1 is 1.69 bits per heavy atom. The fourth-order valence-corrected chi connectivity index (χ4v) is 1.86. The van der Waals surface area contributed by atoms with E-state index in [0.29, 0.717) is 17.3 Å². The zero-order chi connectivity index (χ0) is 11.5. The summed E-state index contributed by atoms with van der Waals surface area (Å²) >= 11 is 1.24. The number of aryl methyl sites for hydroxylation is 1. The Kier molecular flexibility index (Phi) is 2.86. The van der Waals surface area contributed by atoms with Crippen molar-refractivity contribution in [1.82, 2.24) is 10.1 Å². The molecule has 0 spiro atoms. The van der Waals surface area contributed by atoms with E-state index in [1.807, 2.05) is 6.92 Å². The van der Waals surface area contributed by atoms with Gasteiger partial charge in [-0.05, 0) is 6.92 Å². The van der Waals surface area contributed by atoms with Crippen LogP contribution in [0.2, 0.25) is 0 Å². The van der Waals surface area contributed by atoms with Crippen molar-refractivity contribution in [3.8, 4) is 0 Å². The third-order valence-electron chi connectivity index (χ3n) is 1.87. The summed E-state index contributed by atoms with van der Waals surface area (Å²) in [5.41, 5.74) is 2.30. The van der Waals surface area contributed by atoms with Gasteiger partial charge in [-0.1, -0.05) is 5.16 Å². The van der Waals surface area contributed by atoms with Gasteiger partial charge in [0.05, 0.1) is 17.7 Å². The minimum absolute atomic E-state index is 0.0289. The van der Waals surface area contributed by atoms with Crippen molar-refractivity contribution in [3.05, 3.63) is 28.7 Å². The van der Waals surface area contributed by atoms with Crippen molar-refractivity contribution in [2.75, 3.05) is 5.32 Å². The van der Waals surface area contributed by atoms with E-state index in [0.717, 1.165) is 5.69 Å². The number of carboxylic acid groups (broad SMARTS) is 1. The van der Waals surface area contributed by atoms with Crippen LogP contribution < -0.4 is 5.32 Å². The molecule has 16 heavy (non-hydrogen) atoms. The van der Waals surface area contributed by atoms with Gasteiger partial charge in [-0.2, -0.15) is 0 Å². The quantitative estimate of drug-likeness (QED) is 0.845. The maximum Gasteiger partial charge on any atom is 0.357 e. The largest absolute Gasteiger partial charge is 0.476 e. The number of thiazole rings is 1. The van der Waals surface area contributed by atoms with Gasteiger partial charge in [0.1, 0.15) is 5.00 Å². The van der Waals surface area contributed by atoms with E-state index in [9.17, 15) is 4.79 Å². The van der Waals surface area contributed by atoms with Crippen LogP contribution in [0.25, 0.3) is 0 Å². The molecule has 2 rings (SSSR count). The van der Waals surface area contributed by atoms with Gasteiger partial charge in [-0.15, -0.1) is 11.3 Å². The third kappa shape index (κ3) is 2.19. The summed E-state index contributed by atoms with van der Waals surface area (Å²) in [5, 5.41) is 16.0. The molecular weight excluding hydrogens is 230 g/mol. The van der Waals surface area contributed by atoms with Gasteiger partial charge in [-0.25, -0.2) is 9.78 Å². The maximum atomic E-state index is 10.8. The molecule has 0 radical (unpaired) electrons. The molecule has 0 saturated heterocycles. The lowest BCUT2D eigenvalue weighted by Gasteiger charge is -2.00. The van der Waals surface area contributed by atoms with E-state index in [1.165, 1.54) is 16.8 Å². The predicted molar refractivity (Wildman–Crippen MR) is 57.6 cm³/mol. The van der Waals surface area contributed by atoms with E-state index in [4.69, 9.17) is 9.63 Å². The number of carboxylic acids is 1. The molecule has 0 amide bonds. The van der Waals surface area contributed by atoms with E-state index in [-0.39, 0.29) is 5.69 Å². The molecule has 7 heteroatoms. The molecule has 0 aromatic carbocycles. The summed E-state index contributed by atoms with van der Waals surface area (Å²) in [4.78, 5) is 14.5. The molecular formula is C9H9N3O3S. The fraction of sp³-hybridized carbons (Fsp3) is 0.222. The second-order valence-corrected chi connectivity index (χ2v) is 3.98. The first-order valence-corrected chi connectivity index (χ1v) is 5.37. The topological polar surface area (TPSA) is 88.2 Å². The first kappa shape index (κ1) is 10.6. The van der Waals surface area contributed by atoms with Gasteiger partial charge in [0.25, 0.3) is 0 Å². The maximum absolute atomic E-state index is 10.8. The highest BCUT2D eigenvalue weighted by Crippen LogP contribution is 2.20. The summed E-state index contributed by atoms with van der Waals surface area (Å²) < 4.78 is 4.99.